The molecule has 0 unspecified atom stereocenters. The Morgan fingerprint density at radius 1 is 0.963 bits per heavy atom. The molecule has 0 atom stereocenters. The number of amides is 2. The molecule has 0 spiro atoms. The van der Waals surface area contributed by atoms with Crippen LogP contribution in [0.4, 0.5) is 4.39 Å². The highest BCUT2D eigenvalue weighted by Gasteiger charge is 2.18. The lowest BCUT2D eigenvalue weighted by molar-refractivity contribution is 0.0825. The van der Waals surface area contributed by atoms with E-state index in [0.29, 0.717) is 22.8 Å². The third kappa shape index (κ3) is 3.43. The van der Waals surface area contributed by atoms with E-state index in [1.807, 2.05) is 0 Å². The third-order valence-electron chi connectivity index (χ3n) is 3.78. The SMILES string of the molecule is O=C(NNC(=O)c1cc(-c2cccc(F)c2)no1)c1ccc2c(c1)OCO2. The van der Waals surface area contributed by atoms with Crippen LogP contribution in [0.5, 0.6) is 11.5 Å². The van der Waals surface area contributed by atoms with Crippen molar-refractivity contribution in [3.05, 3.63) is 65.7 Å². The molecule has 2 heterocycles. The summed E-state index contributed by atoms with van der Waals surface area (Å²) >= 11 is 0. The van der Waals surface area contributed by atoms with Gasteiger partial charge in [0, 0.05) is 17.2 Å². The fourth-order valence-electron chi connectivity index (χ4n) is 2.45. The molecule has 0 fully saturated rings. The van der Waals surface area contributed by atoms with Gasteiger partial charge in [-0.15, -0.1) is 0 Å². The Bertz CT molecular complexity index is 1030. The highest BCUT2D eigenvalue weighted by Crippen LogP contribution is 2.32. The monoisotopic (exact) mass is 369 g/mol. The Morgan fingerprint density at radius 3 is 2.63 bits per heavy atom. The first-order valence-electron chi connectivity index (χ1n) is 7.83. The molecule has 27 heavy (non-hydrogen) atoms. The van der Waals surface area contributed by atoms with Crippen LogP contribution in [0.25, 0.3) is 11.3 Å². The van der Waals surface area contributed by atoms with Crippen molar-refractivity contribution < 1.29 is 28.0 Å². The molecule has 0 radical (unpaired) electrons. The average Bonchev–Trinajstić information content (AvgIpc) is 3.34. The predicted octanol–water partition coefficient (Wildman–Crippen LogP) is 2.28. The first-order chi connectivity index (χ1) is 13.1. The summed E-state index contributed by atoms with van der Waals surface area (Å²) in [5.74, 6) is -0.838. The third-order valence-corrected chi connectivity index (χ3v) is 3.78. The lowest BCUT2D eigenvalue weighted by Gasteiger charge is -2.06. The number of ether oxygens (including phenoxy) is 2. The average molecular weight is 369 g/mol. The van der Waals surface area contributed by atoms with E-state index in [2.05, 4.69) is 16.0 Å². The molecular formula is C18H12FN3O5. The van der Waals surface area contributed by atoms with Gasteiger partial charge in [0.25, 0.3) is 5.91 Å². The van der Waals surface area contributed by atoms with Gasteiger partial charge in [-0.25, -0.2) is 4.39 Å². The maximum Gasteiger partial charge on any atom is 0.308 e. The van der Waals surface area contributed by atoms with Crippen LogP contribution in [0.15, 0.2) is 53.1 Å². The van der Waals surface area contributed by atoms with Crippen molar-refractivity contribution >= 4 is 11.8 Å². The van der Waals surface area contributed by atoms with Gasteiger partial charge in [-0.1, -0.05) is 17.3 Å². The van der Waals surface area contributed by atoms with Crippen molar-refractivity contribution in [1.29, 1.82) is 0 Å². The normalized spacial score (nSPS) is 11.9. The summed E-state index contributed by atoms with van der Waals surface area (Å²) in [4.78, 5) is 24.2. The number of aromatic nitrogens is 1. The number of halogens is 1. The number of hydrogen-bond acceptors (Lipinski definition) is 6. The predicted molar refractivity (Wildman–Crippen MR) is 89.4 cm³/mol. The topological polar surface area (TPSA) is 103 Å². The summed E-state index contributed by atoms with van der Waals surface area (Å²) in [6, 6.07) is 11.7. The van der Waals surface area contributed by atoms with E-state index in [1.54, 1.807) is 12.1 Å². The van der Waals surface area contributed by atoms with E-state index in [-0.39, 0.29) is 18.1 Å². The molecular weight excluding hydrogens is 357 g/mol. The van der Waals surface area contributed by atoms with E-state index >= 15 is 0 Å². The van der Waals surface area contributed by atoms with E-state index in [0.717, 1.165) is 0 Å². The van der Waals surface area contributed by atoms with Gasteiger partial charge in [-0.05, 0) is 30.3 Å². The quantitative estimate of drug-likeness (QED) is 0.687. The van der Waals surface area contributed by atoms with Gasteiger partial charge in [0.05, 0.1) is 0 Å². The molecule has 9 heteroatoms. The van der Waals surface area contributed by atoms with Gasteiger partial charge in [0.2, 0.25) is 12.6 Å². The number of hydrogen-bond donors (Lipinski definition) is 2. The van der Waals surface area contributed by atoms with Crippen LogP contribution in [-0.4, -0.2) is 23.8 Å². The molecule has 2 N–H and O–H groups in total. The fraction of sp³-hybridized carbons (Fsp3) is 0.0556. The maximum atomic E-state index is 13.3. The van der Waals surface area contributed by atoms with Crippen LogP contribution in [0.2, 0.25) is 0 Å². The van der Waals surface area contributed by atoms with Gasteiger partial charge >= 0.3 is 5.91 Å². The number of nitrogens with zero attached hydrogens (tertiary/aromatic N) is 1. The molecule has 2 amide bonds. The molecule has 3 aromatic rings. The largest absolute Gasteiger partial charge is 0.454 e. The summed E-state index contributed by atoms with van der Waals surface area (Å²) in [6.07, 6.45) is 0. The summed E-state index contributed by atoms with van der Waals surface area (Å²) in [7, 11) is 0. The number of carbonyl (C=O) groups excluding carboxylic acids is 2. The Balaban J connectivity index is 1.40. The minimum Gasteiger partial charge on any atom is -0.454 e. The zero-order valence-corrected chi connectivity index (χ0v) is 13.7. The molecule has 4 rings (SSSR count). The number of carbonyl (C=O) groups is 2. The van der Waals surface area contributed by atoms with Crippen LogP contribution >= 0.6 is 0 Å². The number of fused-ring (bicyclic) bond motifs is 1. The number of hydrazine groups is 1. The second kappa shape index (κ2) is 6.79. The van der Waals surface area contributed by atoms with E-state index in [9.17, 15) is 14.0 Å². The molecule has 1 aliphatic heterocycles. The van der Waals surface area contributed by atoms with Crippen LogP contribution in [0.1, 0.15) is 20.9 Å². The summed E-state index contributed by atoms with van der Waals surface area (Å²) < 4.78 is 28.6. The molecule has 1 aromatic heterocycles. The van der Waals surface area contributed by atoms with Gasteiger partial charge in [-0.2, -0.15) is 0 Å². The fourth-order valence-corrected chi connectivity index (χ4v) is 2.45. The van der Waals surface area contributed by atoms with Crippen LogP contribution in [-0.2, 0) is 0 Å². The highest BCUT2D eigenvalue weighted by molar-refractivity contribution is 5.98. The Morgan fingerprint density at radius 2 is 1.78 bits per heavy atom. The summed E-state index contributed by atoms with van der Waals surface area (Å²) in [5, 5.41) is 3.73. The van der Waals surface area contributed by atoms with Gasteiger partial charge in [0.15, 0.2) is 11.5 Å². The van der Waals surface area contributed by atoms with Crippen LogP contribution < -0.4 is 20.3 Å². The highest BCUT2D eigenvalue weighted by atomic mass is 19.1. The Labute approximate surface area is 151 Å². The molecule has 0 aliphatic carbocycles. The van der Waals surface area contributed by atoms with Crippen molar-refractivity contribution in [3.8, 4) is 22.8 Å². The van der Waals surface area contributed by atoms with Crippen molar-refractivity contribution in [1.82, 2.24) is 16.0 Å². The first-order valence-corrected chi connectivity index (χ1v) is 7.83. The first kappa shape index (κ1) is 16.6. The van der Waals surface area contributed by atoms with E-state index < -0.39 is 17.6 Å². The molecule has 0 bridgehead atoms. The van der Waals surface area contributed by atoms with Crippen LogP contribution in [0.3, 0.4) is 0 Å². The number of benzene rings is 2. The maximum absolute atomic E-state index is 13.3. The zero-order chi connectivity index (χ0) is 18.8. The molecule has 0 saturated heterocycles. The second-order valence-electron chi connectivity index (χ2n) is 5.56. The second-order valence-corrected chi connectivity index (χ2v) is 5.56. The molecule has 1 aliphatic rings. The van der Waals surface area contributed by atoms with Crippen LogP contribution in [0, 0.1) is 5.82 Å². The van der Waals surface area contributed by atoms with E-state index in [4.69, 9.17) is 14.0 Å². The number of rotatable bonds is 3. The number of nitrogens with one attached hydrogen (secondary N) is 2. The van der Waals surface area contributed by atoms with Crippen molar-refractivity contribution in [2.24, 2.45) is 0 Å². The Hall–Kier alpha value is -3.88. The molecule has 2 aromatic carbocycles. The minimum atomic E-state index is -0.709. The molecule has 136 valence electrons. The Kier molecular flexibility index (Phi) is 4.17. The van der Waals surface area contributed by atoms with Gasteiger partial charge in [0.1, 0.15) is 11.5 Å². The van der Waals surface area contributed by atoms with Crippen molar-refractivity contribution in [2.45, 2.75) is 0 Å². The lowest BCUT2D eigenvalue weighted by atomic mass is 10.1. The smallest absolute Gasteiger partial charge is 0.308 e. The summed E-state index contributed by atoms with van der Waals surface area (Å²) in [5.41, 5.74) is 5.52. The lowest BCUT2D eigenvalue weighted by Crippen LogP contribution is -2.41. The van der Waals surface area contributed by atoms with E-state index in [1.165, 1.54) is 36.4 Å². The minimum absolute atomic E-state index is 0.0935. The van der Waals surface area contributed by atoms with Gasteiger partial charge < -0.3 is 14.0 Å². The molecule has 8 nitrogen and oxygen atoms in total. The molecule has 0 saturated carbocycles. The summed E-state index contributed by atoms with van der Waals surface area (Å²) in [6.45, 7) is 0.0935. The van der Waals surface area contributed by atoms with Crippen molar-refractivity contribution in [3.63, 3.8) is 0 Å². The van der Waals surface area contributed by atoms with Crippen molar-refractivity contribution in [2.75, 3.05) is 6.79 Å². The standard InChI is InChI=1S/C18H12FN3O5/c19-12-3-1-2-10(6-12)13-8-16(27-22-13)18(24)21-20-17(23)11-4-5-14-15(7-11)26-9-25-14/h1-8H,9H2,(H,20,23)(H,21,24). The zero-order valence-electron chi connectivity index (χ0n) is 13.7. The van der Waals surface area contributed by atoms with Gasteiger partial charge in [-0.3, -0.25) is 20.4 Å².